The van der Waals surface area contributed by atoms with Crippen LogP contribution in [0.1, 0.15) is 0 Å². The molecule has 5 heteroatoms. The van der Waals surface area contributed by atoms with Gasteiger partial charge in [0.15, 0.2) is 0 Å². The maximum atomic E-state index is 13.8. The maximum Gasteiger partial charge on any atom is 0.212 e. The highest BCUT2D eigenvalue weighted by molar-refractivity contribution is 6.30. The Morgan fingerprint density at radius 2 is 1.90 bits per heavy atom. The summed E-state index contributed by atoms with van der Waals surface area (Å²) in [5, 5.41) is 3.33. The number of para-hydroxylation sites is 1. The molecule has 0 aliphatic heterocycles. The lowest BCUT2D eigenvalue weighted by Crippen LogP contribution is -2.02. The van der Waals surface area contributed by atoms with Crippen LogP contribution in [-0.2, 0) is 0 Å². The number of rotatable bonds is 3. The Bertz CT molecular complexity index is 725. The molecule has 0 aliphatic rings. The Labute approximate surface area is 120 Å². The van der Waals surface area contributed by atoms with E-state index in [2.05, 4.69) is 10.3 Å². The highest BCUT2D eigenvalue weighted by atomic mass is 35.5. The molecule has 3 rings (SSSR count). The first-order valence-corrected chi connectivity index (χ1v) is 6.43. The van der Waals surface area contributed by atoms with E-state index in [-0.39, 0.29) is 0 Å². The molecule has 0 bridgehead atoms. The number of anilines is 2. The van der Waals surface area contributed by atoms with Gasteiger partial charge >= 0.3 is 0 Å². The van der Waals surface area contributed by atoms with E-state index in [4.69, 9.17) is 11.6 Å². The van der Waals surface area contributed by atoms with Gasteiger partial charge in [0.2, 0.25) is 5.95 Å². The number of benzene rings is 2. The van der Waals surface area contributed by atoms with Crippen molar-refractivity contribution in [3.8, 4) is 5.69 Å². The average molecular weight is 288 g/mol. The van der Waals surface area contributed by atoms with E-state index >= 15 is 0 Å². The lowest BCUT2D eigenvalue weighted by molar-refractivity contribution is 0.631. The van der Waals surface area contributed by atoms with Gasteiger partial charge in [-0.1, -0.05) is 29.8 Å². The molecule has 0 atom stereocenters. The fourth-order valence-corrected chi connectivity index (χ4v) is 2.06. The fraction of sp³-hybridized carbons (Fsp3) is 0. The van der Waals surface area contributed by atoms with Gasteiger partial charge in [0.1, 0.15) is 5.82 Å². The van der Waals surface area contributed by atoms with Crippen molar-refractivity contribution in [2.75, 3.05) is 5.32 Å². The van der Waals surface area contributed by atoms with E-state index < -0.39 is 5.82 Å². The minimum atomic E-state index is -0.417. The zero-order valence-corrected chi connectivity index (χ0v) is 11.2. The second kappa shape index (κ2) is 5.35. The zero-order chi connectivity index (χ0) is 13.9. The number of nitrogens with zero attached hydrogens (tertiary/aromatic N) is 2. The van der Waals surface area contributed by atoms with Gasteiger partial charge < -0.3 is 5.32 Å². The van der Waals surface area contributed by atoms with Crippen LogP contribution in [0.3, 0.4) is 0 Å². The van der Waals surface area contributed by atoms with E-state index in [0.29, 0.717) is 16.7 Å². The first kappa shape index (κ1) is 12.7. The number of hydrogen-bond donors (Lipinski definition) is 1. The summed E-state index contributed by atoms with van der Waals surface area (Å²) in [6, 6.07) is 14.2. The first-order chi connectivity index (χ1) is 9.74. The summed E-state index contributed by atoms with van der Waals surface area (Å²) < 4.78 is 15.6. The summed E-state index contributed by atoms with van der Waals surface area (Å²) in [5.41, 5.74) is 1.28. The molecule has 1 N–H and O–H groups in total. The van der Waals surface area contributed by atoms with E-state index in [1.807, 2.05) is 41.1 Å². The van der Waals surface area contributed by atoms with Crippen LogP contribution in [0.5, 0.6) is 0 Å². The van der Waals surface area contributed by atoms with E-state index in [0.717, 1.165) is 5.69 Å². The van der Waals surface area contributed by atoms with Gasteiger partial charge in [-0.05, 0) is 30.3 Å². The molecule has 1 aromatic heterocycles. The zero-order valence-electron chi connectivity index (χ0n) is 10.4. The quantitative estimate of drug-likeness (QED) is 0.773. The minimum Gasteiger partial charge on any atom is -0.323 e. The molecule has 0 amide bonds. The van der Waals surface area contributed by atoms with Gasteiger partial charge in [-0.2, -0.15) is 0 Å². The number of imidazole rings is 1. The van der Waals surface area contributed by atoms with Gasteiger partial charge in [-0.3, -0.25) is 4.57 Å². The second-order valence-corrected chi connectivity index (χ2v) is 4.64. The Kier molecular flexibility index (Phi) is 3.39. The number of halogens is 2. The van der Waals surface area contributed by atoms with Crippen molar-refractivity contribution in [1.82, 2.24) is 9.55 Å². The minimum absolute atomic E-state index is 0.331. The molecule has 20 heavy (non-hydrogen) atoms. The molecule has 0 spiro atoms. The molecular weight excluding hydrogens is 277 g/mol. The summed E-state index contributed by atoms with van der Waals surface area (Å²) in [6.45, 7) is 0. The number of hydrogen-bond acceptors (Lipinski definition) is 2. The largest absolute Gasteiger partial charge is 0.323 e. The van der Waals surface area contributed by atoms with Gasteiger partial charge in [-0.25, -0.2) is 9.37 Å². The highest BCUT2D eigenvalue weighted by Gasteiger charge is 2.08. The van der Waals surface area contributed by atoms with Crippen LogP contribution < -0.4 is 5.32 Å². The van der Waals surface area contributed by atoms with Crippen LogP contribution in [0.4, 0.5) is 16.0 Å². The van der Waals surface area contributed by atoms with Crippen molar-refractivity contribution in [3.63, 3.8) is 0 Å². The summed E-state index contributed by atoms with van der Waals surface area (Å²) in [6.07, 6.45) is 3.47. The normalized spacial score (nSPS) is 10.5. The lowest BCUT2D eigenvalue weighted by atomic mass is 10.3. The predicted octanol–water partition coefficient (Wildman–Crippen LogP) is 4.41. The van der Waals surface area contributed by atoms with Crippen LogP contribution in [-0.4, -0.2) is 9.55 Å². The average Bonchev–Trinajstić information content (AvgIpc) is 2.91. The van der Waals surface area contributed by atoms with Gasteiger partial charge in [-0.15, -0.1) is 0 Å². The van der Waals surface area contributed by atoms with Crippen molar-refractivity contribution in [2.24, 2.45) is 0 Å². The fourth-order valence-electron chi connectivity index (χ4n) is 1.90. The molecule has 2 aromatic carbocycles. The molecule has 3 aromatic rings. The molecule has 1 heterocycles. The van der Waals surface area contributed by atoms with Crippen LogP contribution >= 0.6 is 11.6 Å². The Morgan fingerprint density at radius 1 is 1.10 bits per heavy atom. The standard InChI is InChI=1S/C15H11ClFN3/c16-11-6-7-14(13(17)10-11)19-15-18-8-9-20(15)12-4-2-1-3-5-12/h1-10H,(H,18,19). The second-order valence-electron chi connectivity index (χ2n) is 4.21. The SMILES string of the molecule is Fc1cc(Cl)ccc1Nc1nccn1-c1ccccc1. The Balaban J connectivity index is 1.95. The molecule has 0 radical (unpaired) electrons. The smallest absolute Gasteiger partial charge is 0.212 e. The van der Waals surface area contributed by atoms with Crippen LogP contribution in [0.15, 0.2) is 60.9 Å². The number of nitrogens with one attached hydrogen (secondary N) is 1. The molecule has 0 saturated heterocycles. The highest BCUT2D eigenvalue weighted by Crippen LogP contribution is 2.23. The van der Waals surface area contributed by atoms with E-state index in [1.165, 1.54) is 6.07 Å². The van der Waals surface area contributed by atoms with Crippen molar-refractivity contribution in [2.45, 2.75) is 0 Å². The molecule has 0 aliphatic carbocycles. The summed E-state index contributed by atoms with van der Waals surface area (Å²) in [7, 11) is 0. The first-order valence-electron chi connectivity index (χ1n) is 6.05. The third-order valence-corrected chi connectivity index (χ3v) is 3.09. The van der Waals surface area contributed by atoms with Crippen molar-refractivity contribution < 1.29 is 4.39 Å². The Morgan fingerprint density at radius 3 is 2.65 bits per heavy atom. The summed E-state index contributed by atoms with van der Waals surface area (Å²) >= 11 is 5.74. The Hall–Kier alpha value is -2.33. The van der Waals surface area contributed by atoms with Crippen LogP contribution in [0.2, 0.25) is 5.02 Å². The predicted molar refractivity (Wildman–Crippen MR) is 78.3 cm³/mol. The molecule has 0 unspecified atom stereocenters. The van der Waals surface area contributed by atoms with E-state index in [1.54, 1.807) is 18.3 Å². The van der Waals surface area contributed by atoms with E-state index in [9.17, 15) is 4.39 Å². The van der Waals surface area contributed by atoms with Crippen LogP contribution in [0, 0.1) is 5.82 Å². The van der Waals surface area contributed by atoms with Crippen molar-refractivity contribution in [1.29, 1.82) is 0 Å². The summed E-state index contributed by atoms with van der Waals surface area (Å²) in [4.78, 5) is 4.20. The van der Waals surface area contributed by atoms with Crippen LogP contribution in [0.25, 0.3) is 5.69 Å². The van der Waals surface area contributed by atoms with Crippen molar-refractivity contribution in [3.05, 3.63) is 71.8 Å². The van der Waals surface area contributed by atoms with Gasteiger partial charge in [0, 0.05) is 23.1 Å². The summed E-state index contributed by atoms with van der Waals surface area (Å²) in [5.74, 6) is 0.123. The molecular formula is C15H11ClFN3. The lowest BCUT2D eigenvalue weighted by Gasteiger charge is -2.10. The molecule has 3 nitrogen and oxygen atoms in total. The van der Waals surface area contributed by atoms with Gasteiger partial charge in [0.05, 0.1) is 5.69 Å². The molecule has 0 fully saturated rings. The monoisotopic (exact) mass is 287 g/mol. The topological polar surface area (TPSA) is 29.9 Å². The molecule has 0 saturated carbocycles. The maximum absolute atomic E-state index is 13.8. The molecule has 100 valence electrons. The van der Waals surface area contributed by atoms with Crippen molar-refractivity contribution >= 4 is 23.2 Å². The number of aromatic nitrogens is 2. The third-order valence-electron chi connectivity index (χ3n) is 2.85. The third kappa shape index (κ3) is 2.51. The van der Waals surface area contributed by atoms with Gasteiger partial charge in [0.25, 0.3) is 0 Å².